The van der Waals surface area contributed by atoms with Crippen LogP contribution in [-0.4, -0.2) is 28.0 Å². The average Bonchev–Trinajstić information content (AvgIpc) is 3.27. The highest BCUT2D eigenvalue weighted by molar-refractivity contribution is 6.30. The maximum Gasteiger partial charge on any atom is 0.232 e. The van der Waals surface area contributed by atoms with E-state index in [1.807, 2.05) is 31.3 Å². The maximum atomic E-state index is 12.2. The first-order chi connectivity index (χ1) is 11.1. The number of rotatable bonds is 3. The van der Waals surface area contributed by atoms with Crippen molar-refractivity contribution in [1.82, 2.24) is 15.0 Å². The van der Waals surface area contributed by atoms with E-state index in [4.69, 9.17) is 16.1 Å². The lowest BCUT2D eigenvalue weighted by molar-refractivity contribution is -0.135. The molecule has 0 spiro atoms. The molecule has 5 nitrogen and oxygen atoms in total. The third kappa shape index (κ3) is 2.74. The van der Waals surface area contributed by atoms with Crippen molar-refractivity contribution in [2.75, 3.05) is 7.05 Å². The number of hydrogen-bond acceptors (Lipinski definition) is 4. The van der Waals surface area contributed by atoms with E-state index >= 15 is 0 Å². The lowest BCUT2D eigenvalue weighted by atomic mass is 9.84. The van der Waals surface area contributed by atoms with E-state index in [-0.39, 0.29) is 17.9 Å². The van der Waals surface area contributed by atoms with Crippen LogP contribution in [0.4, 0.5) is 0 Å². The van der Waals surface area contributed by atoms with Gasteiger partial charge in [-0.2, -0.15) is 4.98 Å². The van der Waals surface area contributed by atoms with Crippen molar-refractivity contribution < 1.29 is 9.32 Å². The Labute approximate surface area is 139 Å². The molecule has 0 N–H and O–H groups in total. The van der Waals surface area contributed by atoms with Gasteiger partial charge in [0, 0.05) is 24.4 Å². The molecule has 1 aromatic heterocycles. The summed E-state index contributed by atoms with van der Waals surface area (Å²) in [6, 6.07) is 7.53. The summed E-state index contributed by atoms with van der Waals surface area (Å²) in [7, 11) is 1.83. The summed E-state index contributed by atoms with van der Waals surface area (Å²) >= 11 is 6.14. The number of likely N-dealkylation sites (tertiary alicyclic amines) is 1. The Morgan fingerprint density at radius 1 is 1.30 bits per heavy atom. The number of aromatic nitrogens is 2. The average molecular weight is 332 g/mol. The highest BCUT2D eigenvalue weighted by Crippen LogP contribution is 2.44. The van der Waals surface area contributed by atoms with Gasteiger partial charge in [-0.1, -0.05) is 28.9 Å². The Hall–Kier alpha value is -1.88. The van der Waals surface area contributed by atoms with Crippen molar-refractivity contribution in [3.63, 3.8) is 0 Å². The molecule has 2 aliphatic rings. The monoisotopic (exact) mass is 331 g/mol. The number of piperidine rings is 1. The van der Waals surface area contributed by atoms with Crippen LogP contribution >= 0.6 is 11.6 Å². The molecule has 1 saturated carbocycles. The molecule has 4 rings (SSSR count). The summed E-state index contributed by atoms with van der Waals surface area (Å²) in [6.45, 7) is 0. The summed E-state index contributed by atoms with van der Waals surface area (Å²) < 4.78 is 5.54. The molecule has 6 heteroatoms. The number of likely N-dealkylation sites (N-methyl/N-ethyl adjacent to an activating group) is 1. The van der Waals surface area contributed by atoms with Gasteiger partial charge in [0.2, 0.25) is 11.8 Å². The van der Waals surface area contributed by atoms with Crippen LogP contribution in [0.3, 0.4) is 0 Å². The number of halogens is 1. The minimum atomic E-state index is -0.123. The van der Waals surface area contributed by atoms with Gasteiger partial charge in [0.1, 0.15) is 0 Å². The summed E-state index contributed by atoms with van der Waals surface area (Å²) in [5, 5.41) is 4.79. The topological polar surface area (TPSA) is 59.2 Å². The zero-order valence-corrected chi connectivity index (χ0v) is 13.7. The first kappa shape index (κ1) is 14.7. The van der Waals surface area contributed by atoms with Gasteiger partial charge in [-0.15, -0.1) is 0 Å². The molecule has 2 heterocycles. The van der Waals surface area contributed by atoms with E-state index < -0.39 is 0 Å². The predicted molar refractivity (Wildman–Crippen MR) is 85.2 cm³/mol. The lowest BCUT2D eigenvalue weighted by Gasteiger charge is -2.37. The number of carbonyl (C=O) groups is 1. The second kappa shape index (κ2) is 5.64. The van der Waals surface area contributed by atoms with Crippen LogP contribution in [0.2, 0.25) is 5.02 Å². The molecule has 2 atom stereocenters. The van der Waals surface area contributed by atoms with Gasteiger partial charge in [0.05, 0.1) is 12.0 Å². The Morgan fingerprint density at radius 2 is 2.13 bits per heavy atom. The van der Waals surface area contributed by atoms with E-state index in [1.54, 1.807) is 4.90 Å². The van der Waals surface area contributed by atoms with E-state index in [0.717, 1.165) is 24.2 Å². The highest BCUT2D eigenvalue weighted by atomic mass is 35.5. The minimum absolute atomic E-state index is 0.0103. The van der Waals surface area contributed by atoms with E-state index in [1.165, 1.54) is 0 Å². The van der Waals surface area contributed by atoms with Crippen LogP contribution in [0, 0.1) is 0 Å². The minimum Gasteiger partial charge on any atom is -0.339 e. The first-order valence-corrected chi connectivity index (χ1v) is 8.36. The van der Waals surface area contributed by atoms with Crippen LogP contribution < -0.4 is 0 Å². The highest BCUT2D eigenvalue weighted by Gasteiger charge is 2.39. The molecule has 1 aliphatic heterocycles. The van der Waals surface area contributed by atoms with Crippen LogP contribution in [0.25, 0.3) is 0 Å². The van der Waals surface area contributed by atoms with Crippen LogP contribution in [0.1, 0.15) is 60.8 Å². The maximum absolute atomic E-state index is 12.2. The van der Waals surface area contributed by atoms with Gasteiger partial charge in [-0.05, 0) is 37.0 Å². The van der Waals surface area contributed by atoms with Crippen molar-refractivity contribution in [2.45, 2.75) is 43.6 Å². The summed E-state index contributed by atoms with van der Waals surface area (Å²) in [4.78, 5) is 18.6. The quantitative estimate of drug-likeness (QED) is 0.860. The molecule has 1 saturated heterocycles. The summed E-state index contributed by atoms with van der Waals surface area (Å²) in [6.07, 6.45) is 3.49. The Kier molecular flexibility index (Phi) is 3.60. The lowest BCUT2D eigenvalue weighted by Crippen LogP contribution is -2.39. The van der Waals surface area contributed by atoms with E-state index in [0.29, 0.717) is 29.7 Å². The van der Waals surface area contributed by atoms with Crippen molar-refractivity contribution in [3.8, 4) is 0 Å². The molecule has 2 aromatic rings. The normalized spacial score (nSPS) is 25.0. The molecular weight excluding hydrogens is 314 g/mol. The zero-order chi connectivity index (χ0) is 16.0. The van der Waals surface area contributed by atoms with Gasteiger partial charge in [-0.25, -0.2) is 0 Å². The van der Waals surface area contributed by atoms with Crippen molar-refractivity contribution in [1.29, 1.82) is 0 Å². The molecule has 2 fully saturated rings. The molecule has 120 valence electrons. The van der Waals surface area contributed by atoms with Crippen molar-refractivity contribution in [3.05, 3.63) is 46.6 Å². The molecule has 23 heavy (non-hydrogen) atoms. The van der Waals surface area contributed by atoms with Crippen LogP contribution in [0.5, 0.6) is 0 Å². The fraction of sp³-hybridized carbons (Fsp3) is 0.471. The molecule has 1 aromatic carbocycles. The van der Waals surface area contributed by atoms with Crippen LogP contribution in [0.15, 0.2) is 28.8 Å². The Morgan fingerprint density at radius 3 is 2.87 bits per heavy atom. The van der Waals surface area contributed by atoms with Crippen LogP contribution in [-0.2, 0) is 4.79 Å². The fourth-order valence-electron chi connectivity index (χ4n) is 3.35. The molecule has 2 unspecified atom stereocenters. The number of nitrogens with zero attached hydrogens (tertiary/aromatic N) is 3. The first-order valence-electron chi connectivity index (χ1n) is 7.98. The van der Waals surface area contributed by atoms with Gasteiger partial charge in [0.25, 0.3) is 0 Å². The number of hydrogen-bond donors (Lipinski definition) is 0. The Balaban J connectivity index is 1.71. The van der Waals surface area contributed by atoms with Crippen molar-refractivity contribution in [2.24, 2.45) is 0 Å². The van der Waals surface area contributed by atoms with Crippen molar-refractivity contribution >= 4 is 17.5 Å². The Bertz CT molecular complexity index is 741. The predicted octanol–water partition coefficient (Wildman–Crippen LogP) is 3.68. The van der Waals surface area contributed by atoms with E-state index in [2.05, 4.69) is 10.1 Å². The third-order valence-electron chi connectivity index (χ3n) is 4.77. The summed E-state index contributed by atoms with van der Waals surface area (Å²) in [5.41, 5.74) is 1.00. The smallest absolute Gasteiger partial charge is 0.232 e. The molecule has 0 radical (unpaired) electrons. The second-order valence-electron chi connectivity index (χ2n) is 6.41. The van der Waals surface area contributed by atoms with Gasteiger partial charge >= 0.3 is 0 Å². The number of benzene rings is 1. The largest absolute Gasteiger partial charge is 0.339 e. The molecule has 1 amide bonds. The van der Waals surface area contributed by atoms with Gasteiger partial charge in [0.15, 0.2) is 5.82 Å². The SMILES string of the molecule is CN1C(=O)CCC(c2nc(C3CC3)no2)C1c1cccc(Cl)c1. The molecule has 0 bridgehead atoms. The van der Waals surface area contributed by atoms with E-state index in [9.17, 15) is 4.79 Å². The number of carbonyl (C=O) groups excluding carboxylic acids is 1. The molecular formula is C17H18ClN3O2. The second-order valence-corrected chi connectivity index (χ2v) is 6.85. The fourth-order valence-corrected chi connectivity index (χ4v) is 3.55. The van der Waals surface area contributed by atoms with Gasteiger partial charge < -0.3 is 9.42 Å². The standard InChI is InChI=1S/C17H18ClN3O2/c1-21-14(22)8-7-13(15(21)11-3-2-4-12(18)9-11)17-19-16(20-23-17)10-5-6-10/h2-4,9-10,13,15H,5-8H2,1H3. The zero-order valence-electron chi connectivity index (χ0n) is 12.9. The molecule has 1 aliphatic carbocycles. The third-order valence-corrected chi connectivity index (χ3v) is 5.00. The summed E-state index contributed by atoms with van der Waals surface area (Å²) in [5.74, 6) is 2.05. The number of amides is 1. The van der Waals surface area contributed by atoms with Gasteiger partial charge in [-0.3, -0.25) is 4.79 Å².